The van der Waals surface area contributed by atoms with Crippen LogP contribution in [-0.4, -0.2) is 56.6 Å². The summed E-state index contributed by atoms with van der Waals surface area (Å²) in [5.41, 5.74) is 3.11. The number of para-hydroxylation sites is 1. The molecule has 8 heteroatoms. The van der Waals surface area contributed by atoms with E-state index in [2.05, 4.69) is 5.32 Å². The van der Waals surface area contributed by atoms with E-state index in [9.17, 15) is 18.0 Å². The summed E-state index contributed by atoms with van der Waals surface area (Å²) in [7, 11) is -3.74. The molecule has 1 aliphatic carbocycles. The van der Waals surface area contributed by atoms with Crippen molar-refractivity contribution in [3.63, 3.8) is 0 Å². The standard InChI is InChI=1S/C28H39N3O4S/c1-5-25(28(33)29-24-16-9-10-17-24)30(19-18-23-14-7-6-8-15-23)26(32)20-31(36(4,34)35)27-21(2)12-11-13-22(27)3/h6-8,11-15,24-25H,5,9-10,16-20H2,1-4H3,(H,29,33)/t25-/m0/s1. The molecule has 2 aromatic carbocycles. The highest BCUT2D eigenvalue weighted by atomic mass is 32.2. The number of sulfonamides is 1. The van der Waals surface area contributed by atoms with Gasteiger partial charge >= 0.3 is 0 Å². The molecule has 1 N–H and O–H groups in total. The molecule has 0 aliphatic heterocycles. The van der Waals surface area contributed by atoms with Gasteiger partial charge in [-0.05, 0) is 56.2 Å². The Hall–Kier alpha value is -2.87. The SMILES string of the molecule is CC[C@@H](C(=O)NC1CCCC1)N(CCc1ccccc1)C(=O)CN(c1c(C)cccc1C)S(C)(=O)=O. The zero-order valence-electron chi connectivity index (χ0n) is 21.9. The number of carbonyl (C=O) groups excluding carboxylic acids is 2. The lowest BCUT2D eigenvalue weighted by atomic mass is 10.1. The van der Waals surface area contributed by atoms with Gasteiger partial charge in [0.05, 0.1) is 11.9 Å². The lowest BCUT2D eigenvalue weighted by Crippen LogP contribution is -2.54. The highest BCUT2D eigenvalue weighted by molar-refractivity contribution is 7.92. The van der Waals surface area contributed by atoms with Gasteiger partial charge in [-0.3, -0.25) is 13.9 Å². The first-order valence-electron chi connectivity index (χ1n) is 12.8. The number of carbonyl (C=O) groups is 2. The van der Waals surface area contributed by atoms with Crippen LogP contribution in [0.3, 0.4) is 0 Å². The molecule has 0 spiro atoms. The van der Waals surface area contributed by atoms with Gasteiger partial charge in [-0.2, -0.15) is 0 Å². The molecule has 1 atom stereocenters. The van der Waals surface area contributed by atoms with Crippen molar-refractivity contribution < 1.29 is 18.0 Å². The predicted molar refractivity (Wildman–Crippen MR) is 144 cm³/mol. The van der Waals surface area contributed by atoms with E-state index in [-0.39, 0.29) is 24.4 Å². The summed E-state index contributed by atoms with van der Waals surface area (Å²) in [6.07, 6.45) is 6.23. The molecule has 0 bridgehead atoms. The molecule has 1 saturated carbocycles. The van der Waals surface area contributed by atoms with Crippen LogP contribution in [0.4, 0.5) is 5.69 Å². The van der Waals surface area contributed by atoms with E-state index in [0.29, 0.717) is 25.1 Å². The maximum atomic E-state index is 13.8. The molecule has 0 aromatic heterocycles. The first-order valence-corrected chi connectivity index (χ1v) is 14.6. The van der Waals surface area contributed by atoms with Crippen molar-refractivity contribution in [3.8, 4) is 0 Å². The van der Waals surface area contributed by atoms with Gasteiger partial charge in [0.2, 0.25) is 21.8 Å². The number of rotatable bonds is 11. The Morgan fingerprint density at radius 3 is 2.17 bits per heavy atom. The van der Waals surface area contributed by atoms with Crippen LogP contribution in [0.15, 0.2) is 48.5 Å². The van der Waals surface area contributed by atoms with Gasteiger partial charge in [0, 0.05) is 12.6 Å². The van der Waals surface area contributed by atoms with Crippen LogP contribution in [0.5, 0.6) is 0 Å². The minimum atomic E-state index is -3.74. The topological polar surface area (TPSA) is 86.8 Å². The molecular formula is C28H39N3O4S. The molecule has 1 fully saturated rings. The number of nitrogens with zero attached hydrogens (tertiary/aromatic N) is 2. The third-order valence-electron chi connectivity index (χ3n) is 6.94. The molecule has 7 nitrogen and oxygen atoms in total. The Morgan fingerprint density at radius 2 is 1.61 bits per heavy atom. The van der Waals surface area contributed by atoms with E-state index in [1.54, 1.807) is 4.90 Å². The molecule has 0 heterocycles. The van der Waals surface area contributed by atoms with Crippen molar-refractivity contribution in [2.24, 2.45) is 0 Å². The van der Waals surface area contributed by atoms with Gasteiger partial charge in [0.1, 0.15) is 12.6 Å². The third kappa shape index (κ3) is 7.09. The fraction of sp³-hybridized carbons (Fsp3) is 0.500. The fourth-order valence-electron chi connectivity index (χ4n) is 5.04. The minimum absolute atomic E-state index is 0.139. The van der Waals surface area contributed by atoms with Crippen molar-refractivity contribution in [1.29, 1.82) is 0 Å². The molecule has 0 unspecified atom stereocenters. The van der Waals surface area contributed by atoms with Crippen LogP contribution in [0, 0.1) is 13.8 Å². The Morgan fingerprint density at radius 1 is 1.00 bits per heavy atom. The highest BCUT2D eigenvalue weighted by Gasteiger charge is 2.33. The lowest BCUT2D eigenvalue weighted by Gasteiger charge is -2.34. The zero-order valence-corrected chi connectivity index (χ0v) is 22.7. The second-order valence-electron chi connectivity index (χ2n) is 9.75. The van der Waals surface area contributed by atoms with Crippen LogP contribution < -0.4 is 9.62 Å². The summed E-state index contributed by atoms with van der Waals surface area (Å²) in [6, 6.07) is 14.8. The smallest absolute Gasteiger partial charge is 0.244 e. The molecule has 36 heavy (non-hydrogen) atoms. The molecule has 2 amide bonds. The van der Waals surface area contributed by atoms with Gasteiger partial charge in [0.15, 0.2) is 0 Å². The zero-order chi connectivity index (χ0) is 26.3. The van der Waals surface area contributed by atoms with Crippen molar-refractivity contribution in [2.75, 3.05) is 23.7 Å². The van der Waals surface area contributed by atoms with Crippen LogP contribution in [-0.2, 0) is 26.0 Å². The number of aryl methyl sites for hydroxylation is 2. The van der Waals surface area contributed by atoms with E-state index in [1.165, 1.54) is 4.31 Å². The van der Waals surface area contributed by atoms with Crippen LogP contribution >= 0.6 is 0 Å². The quantitative estimate of drug-likeness (QED) is 0.492. The van der Waals surface area contributed by atoms with Crippen molar-refractivity contribution in [3.05, 3.63) is 65.2 Å². The minimum Gasteiger partial charge on any atom is -0.352 e. The normalized spacial score (nSPS) is 14.9. The first-order chi connectivity index (χ1) is 17.1. The molecule has 196 valence electrons. The maximum absolute atomic E-state index is 13.8. The number of hydrogen-bond acceptors (Lipinski definition) is 4. The van der Waals surface area contributed by atoms with E-state index in [4.69, 9.17) is 0 Å². The molecule has 3 rings (SSSR count). The predicted octanol–water partition coefficient (Wildman–Crippen LogP) is 3.98. The second kappa shape index (κ2) is 12.4. The van der Waals surface area contributed by atoms with Crippen LogP contribution in [0.1, 0.15) is 55.7 Å². The van der Waals surface area contributed by atoms with Gasteiger partial charge in [-0.15, -0.1) is 0 Å². The number of benzene rings is 2. The van der Waals surface area contributed by atoms with E-state index in [1.807, 2.05) is 69.3 Å². The fourth-order valence-corrected chi connectivity index (χ4v) is 6.00. The lowest BCUT2D eigenvalue weighted by molar-refractivity contribution is -0.139. The Kier molecular flexibility index (Phi) is 9.54. The van der Waals surface area contributed by atoms with E-state index >= 15 is 0 Å². The molecule has 0 radical (unpaired) electrons. The number of anilines is 1. The number of amides is 2. The monoisotopic (exact) mass is 513 g/mol. The highest BCUT2D eigenvalue weighted by Crippen LogP contribution is 2.27. The van der Waals surface area contributed by atoms with Crippen LogP contribution in [0.25, 0.3) is 0 Å². The van der Waals surface area contributed by atoms with Crippen LogP contribution in [0.2, 0.25) is 0 Å². The molecule has 2 aromatic rings. The summed E-state index contributed by atoms with van der Waals surface area (Å²) >= 11 is 0. The van der Waals surface area contributed by atoms with Gasteiger partial charge in [-0.25, -0.2) is 8.42 Å². The Labute approximate surface area is 215 Å². The average molecular weight is 514 g/mol. The largest absolute Gasteiger partial charge is 0.352 e. The summed E-state index contributed by atoms with van der Waals surface area (Å²) in [5, 5.41) is 3.13. The average Bonchev–Trinajstić information content (AvgIpc) is 3.33. The summed E-state index contributed by atoms with van der Waals surface area (Å²) < 4.78 is 26.9. The van der Waals surface area contributed by atoms with Gasteiger partial charge in [-0.1, -0.05) is 68.3 Å². The second-order valence-corrected chi connectivity index (χ2v) is 11.7. The number of hydrogen-bond donors (Lipinski definition) is 1. The molecular weight excluding hydrogens is 474 g/mol. The molecule has 1 aliphatic rings. The van der Waals surface area contributed by atoms with E-state index < -0.39 is 16.1 Å². The van der Waals surface area contributed by atoms with Crippen molar-refractivity contribution in [2.45, 2.75) is 71.4 Å². The van der Waals surface area contributed by atoms with Gasteiger partial charge in [0.25, 0.3) is 0 Å². The first kappa shape index (κ1) is 27.7. The van der Waals surface area contributed by atoms with Gasteiger partial charge < -0.3 is 10.2 Å². The maximum Gasteiger partial charge on any atom is 0.244 e. The van der Waals surface area contributed by atoms with Crippen molar-refractivity contribution >= 4 is 27.5 Å². The van der Waals surface area contributed by atoms with E-state index in [0.717, 1.165) is 48.6 Å². The summed E-state index contributed by atoms with van der Waals surface area (Å²) in [5.74, 6) is -0.545. The Bertz CT molecular complexity index is 1120. The third-order valence-corrected chi connectivity index (χ3v) is 8.05. The van der Waals surface area contributed by atoms with Crippen molar-refractivity contribution in [1.82, 2.24) is 10.2 Å². The summed E-state index contributed by atoms with van der Waals surface area (Å²) in [4.78, 5) is 28.7. The molecule has 0 saturated heterocycles. The number of nitrogens with one attached hydrogen (secondary N) is 1. The Balaban J connectivity index is 1.90. The summed E-state index contributed by atoms with van der Waals surface area (Å²) in [6.45, 7) is 5.53.